The van der Waals surface area contributed by atoms with Crippen LogP contribution in [0.15, 0.2) is 12.1 Å². The maximum absolute atomic E-state index is 13.2. The van der Waals surface area contributed by atoms with Gasteiger partial charge in [0.1, 0.15) is 0 Å². The van der Waals surface area contributed by atoms with Gasteiger partial charge in [-0.1, -0.05) is 6.92 Å². The van der Waals surface area contributed by atoms with Crippen molar-refractivity contribution in [3.05, 3.63) is 35.1 Å². The molecule has 17 heavy (non-hydrogen) atoms. The molecule has 94 valence electrons. The van der Waals surface area contributed by atoms with Crippen LogP contribution in [0.4, 0.5) is 13.2 Å². The molecule has 0 radical (unpaired) electrons. The molecule has 0 fully saturated rings. The number of amides is 1. The summed E-state index contributed by atoms with van der Waals surface area (Å²) in [5.41, 5.74) is -0.523. The summed E-state index contributed by atoms with van der Waals surface area (Å²) in [5, 5.41) is 2.38. The van der Waals surface area contributed by atoms with E-state index in [2.05, 4.69) is 5.32 Å². The highest BCUT2D eigenvalue weighted by Gasteiger charge is 2.18. The van der Waals surface area contributed by atoms with Gasteiger partial charge < -0.3 is 5.32 Å². The Labute approximate surface area is 102 Å². The Kier molecular flexibility index (Phi) is 4.81. The standard InChI is InChI=1S/C11H11ClF3NO/c1-6(4-12)5-16-11(17)7-2-3-8(13)10(15)9(7)14/h2-3,6H,4-5H2,1H3,(H,16,17). The lowest BCUT2D eigenvalue weighted by molar-refractivity contribution is 0.0944. The molecular formula is C11H11ClF3NO. The fraction of sp³-hybridized carbons (Fsp3) is 0.364. The molecule has 2 nitrogen and oxygen atoms in total. The van der Waals surface area contributed by atoms with Crippen LogP contribution in [-0.4, -0.2) is 18.3 Å². The Morgan fingerprint density at radius 1 is 1.35 bits per heavy atom. The third-order valence-corrected chi connectivity index (χ3v) is 2.68. The van der Waals surface area contributed by atoms with Gasteiger partial charge in [0.15, 0.2) is 17.5 Å². The zero-order valence-electron chi connectivity index (χ0n) is 9.07. The molecule has 0 saturated carbocycles. The predicted molar refractivity (Wildman–Crippen MR) is 58.5 cm³/mol. The van der Waals surface area contributed by atoms with Gasteiger partial charge in [-0.25, -0.2) is 13.2 Å². The van der Waals surface area contributed by atoms with Gasteiger partial charge in [-0.15, -0.1) is 11.6 Å². The van der Waals surface area contributed by atoms with Crippen LogP contribution in [-0.2, 0) is 0 Å². The summed E-state index contributed by atoms with van der Waals surface area (Å²) < 4.78 is 38.7. The second-order valence-corrected chi connectivity index (χ2v) is 4.00. The Hall–Kier alpha value is -1.23. The van der Waals surface area contributed by atoms with E-state index in [1.165, 1.54) is 0 Å². The van der Waals surface area contributed by atoms with Crippen LogP contribution in [0.5, 0.6) is 0 Å². The molecule has 6 heteroatoms. The highest BCUT2D eigenvalue weighted by molar-refractivity contribution is 6.18. The third-order valence-electron chi connectivity index (χ3n) is 2.15. The minimum absolute atomic E-state index is 0.00831. The van der Waals surface area contributed by atoms with Crippen LogP contribution in [0, 0.1) is 23.4 Å². The maximum Gasteiger partial charge on any atom is 0.254 e. The Bertz CT molecular complexity index is 425. The van der Waals surface area contributed by atoms with Crippen LogP contribution in [0.3, 0.4) is 0 Å². The Morgan fingerprint density at radius 2 is 2.00 bits per heavy atom. The van der Waals surface area contributed by atoms with E-state index in [1.54, 1.807) is 6.92 Å². The predicted octanol–water partition coefficient (Wildman–Crippen LogP) is 2.71. The van der Waals surface area contributed by atoms with Crippen molar-refractivity contribution in [1.29, 1.82) is 0 Å². The minimum atomic E-state index is -1.65. The Morgan fingerprint density at radius 3 is 2.59 bits per heavy atom. The van der Waals surface area contributed by atoms with Crippen LogP contribution >= 0.6 is 11.6 Å². The molecule has 0 heterocycles. The van der Waals surface area contributed by atoms with Crippen molar-refractivity contribution in [2.45, 2.75) is 6.92 Å². The minimum Gasteiger partial charge on any atom is -0.352 e. The number of carbonyl (C=O) groups excluding carboxylic acids is 1. The first-order valence-electron chi connectivity index (χ1n) is 4.95. The second kappa shape index (κ2) is 5.91. The van der Waals surface area contributed by atoms with E-state index in [-0.39, 0.29) is 12.5 Å². The molecule has 0 spiro atoms. The third kappa shape index (κ3) is 3.36. The van der Waals surface area contributed by atoms with Crippen molar-refractivity contribution < 1.29 is 18.0 Å². The summed E-state index contributed by atoms with van der Waals surface area (Å²) in [7, 11) is 0. The van der Waals surface area contributed by atoms with E-state index >= 15 is 0 Å². The average molecular weight is 266 g/mol. The number of carbonyl (C=O) groups is 1. The van der Waals surface area contributed by atoms with Crippen molar-refractivity contribution in [3.63, 3.8) is 0 Å². The normalized spacial score (nSPS) is 12.3. The fourth-order valence-corrected chi connectivity index (χ4v) is 1.23. The first-order valence-corrected chi connectivity index (χ1v) is 5.48. The van der Waals surface area contributed by atoms with Crippen molar-refractivity contribution >= 4 is 17.5 Å². The summed E-state index contributed by atoms with van der Waals surface area (Å²) >= 11 is 5.52. The molecule has 1 rings (SSSR count). The highest BCUT2D eigenvalue weighted by atomic mass is 35.5. The lowest BCUT2D eigenvalue weighted by atomic mass is 10.1. The van der Waals surface area contributed by atoms with Gasteiger partial charge in [0.05, 0.1) is 5.56 Å². The molecule has 0 saturated heterocycles. The molecule has 0 aliphatic rings. The summed E-state index contributed by atoms with van der Waals surface area (Å²) in [6.07, 6.45) is 0. The van der Waals surface area contributed by atoms with E-state index in [4.69, 9.17) is 11.6 Å². The van der Waals surface area contributed by atoms with Gasteiger partial charge >= 0.3 is 0 Å². The molecule has 1 amide bonds. The molecule has 1 atom stereocenters. The first kappa shape index (κ1) is 13.8. The molecule has 0 aromatic heterocycles. The van der Waals surface area contributed by atoms with Gasteiger partial charge in [-0.3, -0.25) is 4.79 Å². The number of rotatable bonds is 4. The first-order chi connectivity index (χ1) is 7.97. The zero-order valence-corrected chi connectivity index (χ0v) is 9.82. The molecule has 1 aromatic rings. The van der Waals surface area contributed by atoms with Crippen LogP contribution in [0.2, 0.25) is 0 Å². The smallest absolute Gasteiger partial charge is 0.254 e. The largest absolute Gasteiger partial charge is 0.352 e. The summed E-state index contributed by atoms with van der Waals surface area (Å²) in [4.78, 5) is 11.5. The van der Waals surface area contributed by atoms with Gasteiger partial charge in [0.2, 0.25) is 0 Å². The van der Waals surface area contributed by atoms with E-state index in [1.807, 2.05) is 0 Å². The van der Waals surface area contributed by atoms with E-state index in [9.17, 15) is 18.0 Å². The SMILES string of the molecule is CC(CCl)CNC(=O)c1ccc(F)c(F)c1F. The van der Waals surface area contributed by atoms with Crippen LogP contribution < -0.4 is 5.32 Å². The number of nitrogens with one attached hydrogen (secondary N) is 1. The Balaban J connectivity index is 2.80. The van der Waals surface area contributed by atoms with Crippen molar-refractivity contribution in [2.24, 2.45) is 5.92 Å². The van der Waals surface area contributed by atoms with Crippen LogP contribution in [0.1, 0.15) is 17.3 Å². The number of hydrogen-bond acceptors (Lipinski definition) is 1. The van der Waals surface area contributed by atoms with E-state index in [0.717, 1.165) is 6.07 Å². The lowest BCUT2D eigenvalue weighted by Crippen LogP contribution is -2.29. The van der Waals surface area contributed by atoms with Gasteiger partial charge in [0, 0.05) is 12.4 Å². The summed E-state index contributed by atoms with van der Waals surface area (Å²) in [6, 6.07) is 1.60. The van der Waals surface area contributed by atoms with E-state index < -0.39 is 28.9 Å². The molecule has 0 aliphatic carbocycles. The second-order valence-electron chi connectivity index (χ2n) is 3.69. The molecule has 1 N–H and O–H groups in total. The number of halogens is 4. The molecule has 0 bridgehead atoms. The number of alkyl halides is 1. The zero-order chi connectivity index (χ0) is 13.0. The summed E-state index contributed by atoms with van der Waals surface area (Å²) in [5.74, 6) is -4.91. The number of hydrogen-bond donors (Lipinski definition) is 1. The van der Waals surface area contributed by atoms with Gasteiger partial charge in [-0.2, -0.15) is 0 Å². The van der Waals surface area contributed by atoms with Crippen molar-refractivity contribution in [3.8, 4) is 0 Å². The van der Waals surface area contributed by atoms with E-state index in [0.29, 0.717) is 11.9 Å². The summed E-state index contributed by atoms with van der Waals surface area (Å²) in [6.45, 7) is 2.02. The van der Waals surface area contributed by atoms with Gasteiger partial charge in [0.25, 0.3) is 5.91 Å². The monoisotopic (exact) mass is 265 g/mol. The number of benzene rings is 1. The lowest BCUT2D eigenvalue weighted by Gasteiger charge is -2.10. The maximum atomic E-state index is 13.2. The molecule has 1 unspecified atom stereocenters. The van der Waals surface area contributed by atoms with Crippen molar-refractivity contribution in [2.75, 3.05) is 12.4 Å². The molecule has 1 aromatic carbocycles. The van der Waals surface area contributed by atoms with Crippen molar-refractivity contribution in [1.82, 2.24) is 5.32 Å². The van der Waals surface area contributed by atoms with Crippen LogP contribution in [0.25, 0.3) is 0 Å². The average Bonchev–Trinajstić information content (AvgIpc) is 2.32. The van der Waals surface area contributed by atoms with Gasteiger partial charge in [-0.05, 0) is 18.1 Å². The molecule has 0 aliphatic heterocycles. The topological polar surface area (TPSA) is 29.1 Å². The quantitative estimate of drug-likeness (QED) is 0.658. The highest BCUT2D eigenvalue weighted by Crippen LogP contribution is 2.15. The fourth-order valence-electron chi connectivity index (χ4n) is 1.12. The molecular weight excluding hydrogens is 255 g/mol.